The minimum absolute atomic E-state index is 0.0900. The Morgan fingerprint density at radius 2 is 2.32 bits per heavy atom. The first kappa shape index (κ1) is 13.1. The second kappa shape index (κ2) is 5.26. The molecule has 0 saturated heterocycles. The van der Waals surface area contributed by atoms with Crippen LogP contribution in [0.4, 0.5) is 4.39 Å². The molecule has 2 heterocycles. The first-order chi connectivity index (χ1) is 9.13. The number of carbonyl (C=O) groups is 1. The third kappa shape index (κ3) is 3.01. The maximum absolute atomic E-state index is 13.4. The quantitative estimate of drug-likeness (QED) is 0.479. The van der Waals surface area contributed by atoms with Crippen molar-refractivity contribution < 1.29 is 13.9 Å². The standard InChI is InChI=1S/C13H12AsClFNO2/c15-13-11(16)3-8(6-17-13)5-14(9-1-2-9)10-4-12(18)19-7-10/h3-4,6,9H,1-2,5,7H2. The van der Waals surface area contributed by atoms with Crippen LogP contribution in [0.1, 0.15) is 18.4 Å². The summed E-state index contributed by atoms with van der Waals surface area (Å²) in [6, 6.07) is 1.46. The Balaban J connectivity index is 1.80. The number of ether oxygens (including phenoxy) is 1. The fraction of sp³-hybridized carbons (Fsp3) is 0.385. The van der Waals surface area contributed by atoms with Gasteiger partial charge < -0.3 is 0 Å². The average molecular weight is 344 g/mol. The molecule has 0 amide bonds. The Labute approximate surface area is 120 Å². The molecule has 1 fully saturated rings. The van der Waals surface area contributed by atoms with Gasteiger partial charge in [-0.05, 0) is 0 Å². The van der Waals surface area contributed by atoms with Crippen molar-refractivity contribution in [2.75, 3.05) is 6.61 Å². The predicted octanol–water partition coefficient (Wildman–Crippen LogP) is 2.64. The number of hydrogen-bond acceptors (Lipinski definition) is 3. The molecule has 1 aliphatic carbocycles. The molecule has 0 N–H and O–H groups in total. The first-order valence-corrected chi connectivity index (χ1v) is 9.80. The Kier molecular flexibility index (Phi) is 3.63. The summed E-state index contributed by atoms with van der Waals surface area (Å²) in [4.78, 5) is 15.0. The van der Waals surface area contributed by atoms with E-state index in [9.17, 15) is 9.18 Å². The van der Waals surface area contributed by atoms with E-state index in [1.807, 2.05) is 0 Å². The third-order valence-electron chi connectivity index (χ3n) is 3.21. The average Bonchev–Trinajstić information content (AvgIpc) is 3.13. The molecule has 19 heavy (non-hydrogen) atoms. The second-order valence-corrected chi connectivity index (χ2v) is 10.4. The molecule has 1 aromatic heterocycles. The zero-order valence-electron chi connectivity index (χ0n) is 10.1. The summed E-state index contributed by atoms with van der Waals surface area (Å²) in [5.74, 6) is -0.716. The molecule has 1 unspecified atom stereocenters. The molecule has 1 saturated carbocycles. The summed E-state index contributed by atoms with van der Waals surface area (Å²) in [6.07, 6.45) is 5.70. The van der Waals surface area contributed by atoms with Gasteiger partial charge in [0.2, 0.25) is 0 Å². The number of carbonyl (C=O) groups excluding carboxylic acids is 1. The van der Waals surface area contributed by atoms with Crippen molar-refractivity contribution >= 4 is 32.2 Å². The van der Waals surface area contributed by atoms with Gasteiger partial charge in [-0.15, -0.1) is 0 Å². The molecule has 0 aromatic carbocycles. The molecule has 0 spiro atoms. The Morgan fingerprint density at radius 3 is 2.89 bits per heavy atom. The molecule has 100 valence electrons. The number of cyclic esters (lactones) is 1. The van der Waals surface area contributed by atoms with E-state index in [0.29, 0.717) is 11.3 Å². The summed E-state index contributed by atoms with van der Waals surface area (Å²) < 4.78 is 20.3. The molecule has 0 radical (unpaired) electrons. The monoisotopic (exact) mass is 343 g/mol. The topological polar surface area (TPSA) is 39.2 Å². The first-order valence-electron chi connectivity index (χ1n) is 6.07. The van der Waals surface area contributed by atoms with E-state index in [1.165, 1.54) is 18.9 Å². The van der Waals surface area contributed by atoms with Gasteiger partial charge in [-0.25, -0.2) is 0 Å². The maximum atomic E-state index is 13.4. The van der Waals surface area contributed by atoms with Gasteiger partial charge in [-0.3, -0.25) is 0 Å². The van der Waals surface area contributed by atoms with E-state index in [2.05, 4.69) is 4.98 Å². The van der Waals surface area contributed by atoms with Crippen molar-refractivity contribution in [3.05, 3.63) is 39.2 Å². The van der Waals surface area contributed by atoms with Crippen LogP contribution < -0.4 is 0 Å². The van der Waals surface area contributed by atoms with Crippen LogP contribution in [0.3, 0.4) is 0 Å². The van der Waals surface area contributed by atoms with Crippen LogP contribution in [0.2, 0.25) is 9.86 Å². The molecule has 3 rings (SSSR count). The van der Waals surface area contributed by atoms with Crippen molar-refractivity contribution in [2.24, 2.45) is 0 Å². The van der Waals surface area contributed by atoms with Crippen LogP contribution in [-0.2, 0) is 14.7 Å². The van der Waals surface area contributed by atoms with E-state index >= 15 is 0 Å². The van der Waals surface area contributed by atoms with Crippen molar-refractivity contribution in [2.45, 2.75) is 22.8 Å². The van der Waals surface area contributed by atoms with Crippen molar-refractivity contribution in [1.82, 2.24) is 4.98 Å². The molecule has 1 aromatic rings. The number of pyridine rings is 1. The summed E-state index contributed by atoms with van der Waals surface area (Å²) in [5, 5.41) is 0.731. The predicted molar refractivity (Wildman–Crippen MR) is 70.7 cm³/mol. The van der Waals surface area contributed by atoms with Gasteiger partial charge in [0.1, 0.15) is 0 Å². The Morgan fingerprint density at radius 1 is 1.53 bits per heavy atom. The van der Waals surface area contributed by atoms with Gasteiger partial charge in [0.15, 0.2) is 0 Å². The second-order valence-electron chi connectivity index (χ2n) is 4.72. The summed E-state index contributed by atoms with van der Waals surface area (Å²) in [7, 11) is 0. The molecule has 3 nitrogen and oxygen atoms in total. The van der Waals surface area contributed by atoms with Crippen LogP contribution in [0.5, 0.6) is 0 Å². The Hall–Kier alpha value is -0.862. The van der Waals surface area contributed by atoms with E-state index in [4.69, 9.17) is 16.3 Å². The Bertz CT molecular complexity index is 560. The van der Waals surface area contributed by atoms with Gasteiger partial charge in [0.05, 0.1) is 0 Å². The molecule has 1 atom stereocenters. The van der Waals surface area contributed by atoms with Crippen LogP contribution >= 0.6 is 11.6 Å². The number of esters is 1. The third-order valence-corrected chi connectivity index (χ3v) is 9.99. The molecule has 0 bridgehead atoms. The normalized spacial score (nSPS) is 20.1. The number of halogens is 2. The molecule has 2 aliphatic rings. The summed E-state index contributed by atoms with van der Waals surface area (Å²) >= 11 is 4.23. The van der Waals surface area contributed by atoms with E-state index < -0.39 is 20.5 Å². The van der Waals surface area contributed by atoms with Crippen LogP contribution in [0, 0.1) is 5.82 Å². The van der Waals surface area contributed by atoms with Crippen molar-refractivity contribution in [3.8, 4) is 0 Å². The summed E-state index contributed by atoms with van der Waals surface area (Å²) in [6.45, 7) is 0.429. The molecular weight excluding hydrogens is 332 g/mol. The van der Waals surface area contributed by atoms with Crippen molar-refractivity contribution in [1.29, 1.82) is 0 Å². The number of rotatable bonds is 4. The SMILES string of the molecule is O=C1C=C([As](Cc2cnc(Cl)c(F)c2)C2CC2)CO1. The van der Waals surface area contributed by atoms with Crippen LogP contribution in [-0.4, -0.2) is 32.2 Å². The number of nitrogens with zero attached hydrogens (tertiary/aromatic N) is 1. The van der Waals surface area contributed by atoms with Crippen LogP contribution in [0.15, 0.2) is 22.7 Å². The molecular formula is C13H12AsClFNO2. The zero-order chi connectivity index (χ0) is 13.4. The fourth-order valence-corrected chi connectivity index (χ4v) is 8.04. The minimum atomic E-state index is -1.36. The van der Waals surface area contributed by atoms with E-state index in [0.717, 1.165) is 15.1 Å². The number of aromatic nitrogens is 1. The van der Waals surface area contributed by atoms with Gasteiger partial charge in [-0.1, -0.05) is 0 Å². The van der Waals surface area contributed by atoms with Gasteiger partial charge in [0, 0.05) is 0 Å². The van der Waals surface area contributed by atoms with Gasteiger partial charge in [0.25, 0.3) is 0 Å². The van der Waals surface area contributed by atoms with E-state index in [1.54, 1.807) is 12.3 Å². The van der Waals surface area contributed by atoms with Crippen molar-refractivity contribution in [3.63, 3.8) is 0 Å². The van der Waals surface area contributed by atoms with Gasteiger partial charge in [-0.2, -0.15) is 0 Å². The van der Waals surface area contributed by atoms with Crippen LogP contribution in [0.25, 0.3) is 0 Å². The summed E-state index contributed by atoms with van der Waals surface area (Å²) in [5.41, 5.74) is 0.869. The molecule has 6 heteroatoms. The zero-order valence-corrected chi connectivity index (χ0v) is 12.7. The van der Waals surface area contributed by atoms with E-state index in [-0.39, 0.29) is 11.1 Å². The fourth-order valence-electron chi connectivity index (χ4n) is 2.13. The number of hydrogen-bond donors (Lipinski definition) is 0. The van der Waals surface area contributed by atoms with Gasteiger partial charge >= 0.3 is 120 Å². The molecule has 1 aliphatic heterocycles.